The van der Waals surface area contributed by atoms with Gasteiger partial charge in [-0.15, -0.1) is 3.89 Å². The second kappa shape index (κ2) is 5.40. The van der Waals surface area contributed by atoms with Crippen molar-refractivity contribution in [2.24, 2.45) is 0 Å². The molecule has 1 fully saturated rings. The van der Waals surface area contributed by atoms with Gasteiger partial charge in [0.25, 0.3) is 0 Å². The molecule has 9 heteroatoms. The molecule has 1 aliphatic rings. The average molecular weight is 319 g/mol. The van der Waals surface area contributed by atoms with Crippen molar-refractivity contribution in [2.45, 2.75) is 11.7 Å². The van der Waals surface area contributed by atoms with E-state index in [1.54, 1.807) is 0 Å². The highest BCUT2D eigenvalue weighted by molar-refractivity contribution is 7.87. The van der Waals surface area contributed by atoms with Crippen LogP contribution < -0.4 is 4.90 Å². The van der Waals surface area contributed by atoms with E-state index in [-0.39, 0.29) is 11.3 Å². The molecule has 0 radical (unpaired) electrons. The maximum absolute atomic E-state index is 13.8. The maximum atomic E-state index is 13.8. The van der Waals surface area contributed by atoms with Gasteiger partial charge in [0, 0.05) is 18.7 Å². The number of carbonyl (C=O) groups excluding carboxylic acids is 2. The highest BCUT2D eigenvalue weighted by atomic mass is 32.3. The largest absolute Gasteiger partial charge is 0.465 e. The lowest BCUT2D eigenvalue weighted by molar-refractivity contribution is -0.117. The number of nitrogens with zero attached hydrogens (tertiary/aromatic N) is 1. The third-order valence-electron chi connectivity index (χ3n) is 3.16. The first-order valence-electron chi connectivity index (χ1n) is 5.85. The Morgan fingerprint density at radius 2 is 2.10 bits per heavy atom. The molecule has 2 rings (SSSR count). The van der Waals surface area contributed by atoms with Crippen LogP contribution in [0.15, 0.2) is 18.2 Å². The van der Waals surface area contributed by atoms with Crippen molar-refractivity contribution in [2.75, 3.05) is 18.6 Å². The van der Waals surface area contributed by atoms with E-state index in [1.165, 1.54) is 6.07 Å². The summed E-state index contributed by atoms with van der Waals surface area (Å²) in [5.74, 6) is -2.43. The standard InChI is InChI=1S/C12H11F2NO5S/c1-20-12(17)9-3-2-7(4-10(9)13)15-6-8(5-11(15)16)21(14,18)19/h2-4,8H,5-6H2,1H3. The van der Waals surface area contributed by atoms with E-state index in [0.29, 0.717) is 0 Å². The lowest BCUT2D eigenvalue weighted by Gasteiger charge is -2.16. The van der Waals surface area contributed by atoms with Crippen molar-refractivity contribution in [1.82, 2.24) is 0 Å². The van der Waals surface area contributed by atoms with Crippen LogP contribution in [0.4, 0.5) is 14.0 Å². The Hall–Kier alpha value is -2.03. The first-order valence-corrected chi connectivity index (χ1v) is 7.30. The van der Waals surface area contributed by atoms with Crippen LogP contribution in [0.1, 0.15) is 16.8 Å². The molecule has 1 atom stereocenters. The van der Waals surface area contributed by atoms with Crippen molar-refractivity contribution < 1.29 is 31.0 Å². The van der Waals surface area contributed by atoms with Gasteiger partial charge in [0.1, 0.15) is 11.1 Å². The Labute approximate surface area is 119 Å². The molecule has 0 saturated carbocycles. The maximum Gasteiger partial charge on any atom is 0.340 e. The van der Waals surface area contributed by atoms with E-state index in [2.05, 4.69) is 4.74 Å². The van der Waals surface area contributed by atoms with Crippen molar-refractivity contribution in [3.05, 3.63) is 29.6 Å². The molecule has 0 spiro atoms. The summed E-state index contributed by atoms with van der Waals surface area (Å²) in [5, 5.41) is -1.46. The van der Waals surface area contributed by atoms with Crippen molar-refractivity contribution >= 4 is 27.8 Å². The minimum atomic E-state index is -4.84. The first kappa shape index (κ1) is 15.4. The molecule has 21 heavy (non-hydrogen) atoms. The van der Waals surface area contributed by atoms with Gasteiger partial charge in [0.2, 0.25) is 5.91 Å². The number of esters is 1. The Bertz CT molecular complexity index is 704. The smallest absolute Gasteiger partial charge is 0.340 e. The fourth-order valence-electron chi connectivity index (χ4n) is 2.06. The van der Waals surface area contributed by atoms with Gasteiger partial charge in [-0.25, -0.2) is 9.18 Å². The Kier molecular flexibility index (Phi) is 3.95. The molecule has 1 aromatic carbocycles. The van der Waals surface area contributed by atoms with Gasteiger partial charge in [0.15, 0.2) is 0 Å². The number of methoxy groups -OCH3 is 1. The summed E-state index contributed by atoms with van der Waals surface area (Å²) in [6, 6.07) is 3.28. The summed E-state index contributed by atoms with van der Waals surface area (Å²) >= 11 is 0. The van der Waals surface area contributed by atoms with Crippen LogP contribution in [-0.4, -0.2) is 39.2 Å². The van der Waals surface area contributed by atoms with Crippen LogP contribution in [-0.2, 0) is 19.8 Å². The van der Waals surface area contributed by atoms with E-state index in [4.69, 9.17) is 0 Å². The van der Waals surface area contributed by atoms with Gasteiger partial charge in [-0.05, 0) is 18.2 Å². The van der Waals surface area contributed by atoms with Crippen LogP contribution in [0.25, 0.3) is 0 Å². The minimum Gasteiger partial charge on any atom is -0.465 e. The number of rotatable bonds is 3. The SMILES string of the molecule is COC(=O)c1ccc(N2CC(S(=O)(=O)F)CC2=O)cc1F. The van der Waals surface area contributed by atoms with Crippen molar-refractivity contribution in [3.63, 3.8) is 0 Å². The molecule has 1 heterocycles. The number of hydrogen-bond donors (Lipinski definition) is 0. The molecule has 0 aromatic heterocycles. The number of benzene rings is 1. The van der Waals surface area contributed by atoms with Crippen LogP contribution in [0.2, 0.25) is 0 Å². The number of halogens is 2. The van der Waals surface area contributed by atoms with Crippen molar-refractivity contribution in [1.29, 1.82) is 0 Å². The molecule has 6 nitrogen and oxygen atoms in total. The molecule has 1 aromatic rings. The predicted octanol–water partition coefficient (Wildman–Crippen LogP) is 1.02. The van der Waals surface area contributed by atoms with Gasteiger partial charge < -0.3 is 9.64 Å². The third kappa shape index (κ3) is 3.02. The van der Waals surface area contributed by atoms with Gasteiger partial charge in [-0.3, -0.25) is 4.79 Å². The molecule has 1 aliphatic heterocycles. The fourth-order valence-corrected chi connectivity index (χ4v) is 2.73. The molecule has 1 saturated heterocycles. The molecule has 0 N–H and O–H groups in total. The summed E-state index contributed by atoms with van der Waals surface area (Å²) in [5.41, 5.74) is -0.265. The minimum absolute atomic E-state index is 0.0521. The van der Waals surface area contributed by atoms with Gasteiger partial charge in [-0.2, -0.15) is 8.42 Å². The topological polar surface area (TPSA) is 80.8 Å². The van der Waals surface area contributed by atoms with Crippen LogP contribution in [0.5, 0.6) is 0 Å². The number of hydrogen-bond acceptors (Lipinski definition) is 5. The summed E-state index contributed by atoms with van der Waals surface area (Å²) in [6.45, 7) is -0.394. The van der Waals surface area contributed by atoms with Crippen molar-refractivity contribution in [3.8, 4) is 0 Å². The molecule has 1 unspecified atom stereocenters. The fraction of sp³-hybridized carbons (Fsp3) is 0.333. The average Bonchev–Trinajstić information content (AvgIpc) is 2.80. The highest BCUT2D eigenvalue weighted by Gasteiger charge is 2.39. The van der Waals surface area contributed by atoms with Crippen LogP contribution in [0, 0.1) is 5.82 Å². The van der Waals surface area contributed by atoms with E-state index < -0.39 is 46.1 Å². The molecule has 0 bridgehead atoms. The number of anilines is 1. The third-order valence-corrected chi connectivity index (χ3v) is 4.27. The van der Waals surface area contributed by atoms with Gasteiger partial charge >= 0.3 is 16.2 Å². The number of ether oxygens (including phenoxy) is 1. The number of carbonyl (C=O) groups is 2. The molecule has 114 valence electrons. The first-order chi connectivity index (χ1) is 9.74. The predicted molar refractivity (Wildman–Crippen MR) is 68.5 cm³/mol. The molecular formula is C12H11F2NO5S. The second-order valence-corrected chi connectivity index (χ2v) is 6.08. The van der Waals surface area contributed by atoms with E-state index in [0.717, 1.165) is 24.1 Å². The van der Waals surface area contributed by atoms with E-state index in [9.17, 15) is 26.3 Å². The Balaban J connectivity index is 2.30. The summed E-state index contributed by atoms with van der Waals surface area (Å²) in [6.07, 6.45) is -0.501. The summed E-state index contributed by atoms with van der Waals surface area (Å²) < 4.78 is 52.7. The van der Waals surface area contributed by atoms with E-state index in [1.807, 2.05) is 0 Å². The quantitative estimate of drug-likeness (QED) is 0.614. The van der Waals surface area contributed by atoms with Crippen LogP contribution >= 0.6 is 0 Å². The molecule has 0 aliphatic carbocycles. The zero-order chi connectivity index (χ0) is 15.8. The highest BCUT2D eigenvalue weighted by Crippen LogP contribution is 2.27. The molecular weight excluding hydrogens is 308 g/mol. The lowest BCUT2D eigenvalue weighted by Crippen LogP contribution is -2.27. The van der Waals surface area contributed by atoms with Crippen LogP contribution in [0.3, 0.4) is 0 Å². The summed E-state index contributed by atoms with van der Waals surface area (Å²) in [7, 11) is -3.75. The lowest BCUT2D eigenvalue weighted by atomic mass is 10.2. The number of amides is 1. The Morgan fingerprint density at radius 1 is 1.43 bits per heavy atom. The summed E-state index contributed by atoms with van der Waals surface area (Å²) in [4.78, 5) is 23.9. The second-order valence-electron chi connectivity index (χ2n) is 4.46. The molecule has 1 amide bonds. The normalized spacial score (nSPS) is 18.9. The van der Waals surface area contributed by atoms with E-state index >= 15 is 0 Å². The zero-order valence-electron chi connectivity index (χ0n) is 10.9. The van der Waals surface area contributed by atoms with Gasteiger partial charge in [-0.1, -0.05) is 0 Å². The van der Waals surface area contributed by atoms with Gasteiger partial charge in [0.05, 0.1) is 12.7 Å². The zero-order valence-corrected chi connectivity index (χ0v) is 11.7. The monoisotopic (exact) mass is 319 g/mol. The Morgan fingerprint density at radius 3 is 2.57 bits per heavy atom.